The average Bonchev–Trinajstić information content (AvgIpc) is 2.52. The second kappa shape index (κ2) is 10.1. The molecule has 0 radical (unpaired) electrons. The summed E-state index contributed by atoms with van der Waals surface area (Å²) in [4.78, 5) is 47.4. The maximum absolute atomic E-state index is 11.9. The van der Waals surface area contributed by atoms with E-state index in [1.54, 1.807) is 27.7 Å². The fourth-order valence-corrected chi connectivity index (χ4v) is 1.62. The average molecular weight is 358 g/mol. The van der Waals surface area contributed by atoms with Crippen LogP contribution in [0.3, 0.4) is 0 Å². The minimum Gasteiger partial charge on any atom is -0.390 e. The number of amides is 2. The molecule has 0 spiro atoms. The SMILES string of the molecule is CC(C)[C@H](N)C(=O)N[C@@H](C)C(=O)OC(=O)[C@H](C)NC(=O)[C@@H](N)C(C)C. The van der Waals surface area contributed by atoms with Crippen molar-refractivity contribution in [1.82, 2.24) is 10.6 Å². The number of esters is 2. The van der Waals surface area contributed by atoms with E-state index in [0.717, 1.165) is 0 Å². The molecular formula is C16H30N4O5. The Morgan fingerprint density at radius 1 is 0.680 bits per heavy atom. The topological polar surface area (TPSA) is 154 Å². The van der Waals surface area contributed by atoms with Gasteiger partial charge in [0.1, 0.15) is 12.1 Å². The lowest BCUT2D eigenvalue weighted by molar-refractivity contribution is -0.163. The van der Waals surface area contributed by atoms with Crippen LogP contribution in [0.15, 0.2) is 0 Å². The third-order valence-corrected chi connectivity index (χ3v) is 3.67. The van der Waals surface area contributed by atoms with Gasteiger partial charge in [0.2, 0.25) is 11.8 Å². The van der Waals surface area contributed by atoms with E-state index in [0.29, 0.717) is 0 Å². The van der Waals surface area contributed by atoms with Gasteiger partial charge in [-0.25, -0.2) is 9.59 Å². The smallest absolute Gasteiger partial charge is 0.336 e. The fraction of sp³-hybridized carbons (Fsp3) is 0.750. The first kappa shape index (κ1) is 23.0. The molecule has 0 rings (SSSR count). The highest BCUT2D eigenvalue weighted by molar-refractivity contribution is 5.95. The van der Waals surface area contributed by atoms with Gasteiger partial charge >= 0.3 is 11.9 Å². The molecule has 0 aliphatic heterocycles. The summed E-state index contributed by atoms with van der Waals surface area (Å²) >= 11 is 0. The number of nitrogens with one attached hydrogen (secondary N) is 2. The monoisotopic (exact) mass is 358 g/mol. The van der Waals surface area contributed by atoms with Crippen LogP contribution in [0.1, 0.15) is 41.5 Å². The van der Waals surface area contributed by atoms with Crippen molar-refractivity contribution in [3.63, 3.8) is 0 Å². The van der Waals surface area contributed by atoms with Gasteiger partial charge in [0.05, 0.1) is 12.1 Å². The largest absolute Gasteiger partial charge is 0.390 e. The molecule has 0 aliphatic rings. The van der Waals surface area contributed by atoms with Crippen LogP contribution in [-0.4, -0.2) is 47.9 Å². The van der Waals surface area contributed by atoms with Gasteiger partial charge in [-0.1, -0.05) is 27.7 Å². The van der Waals surface area contributed by atoms with Gasteiger partial charge in [-0.15, -0.1) is 0 Å². The Hall–Kier alpha value is -2.00. The standard InChI is InChI=1S/C16H30N4O5/c1-7(2)11(17)13(21)19-9(5)15(23)25-16(24)10(6)20-14(22)12(18)8(3)4/h7-12H,17-18H2,1-6H3,(H,19,21)(H,20,22)/t9-,10-,11-,12-/m0/s1. The van der Waals surface area contributed by atoms with Crippen molar-refractivity contribution in [3.8, 4) is 0 Å². The molecule has 0 aliphatic carbocycles. The van der Waals surface area contributed by atoms with Gasteiger partial charge in [0.15, 0.2) is 0 Å². The van der Waals surface area contributed by atoms with E-state index in [-0.39, 0.29) is 11.8 Å². The van der Waals surface area contributed by atoms with Crippen molar-refractivity contribution in [3.05, 3.63) is 0 Å². The molecule has 2 amide bonds. The predicted octanol–water partition coefficient (Wildman–Crippen LogP) is -0.968. The maximum atomic E-state index is 11.9. The number of hydrogen-bond acceptors (Lipinski definition) is 7. The highest BCUT2D eigenvalue weighted by Gasteiger charge is 2.28. The lowest BCUT2D eigenvalue weighted by atomic mass is 10.0. The number of ether oxygens (including phenoxy) is 1. The Morgan fingerprint density at radius 2 is 0.960 bits per heavy atom. The number of hydrogen-bond donors (Lipinski definition) is 4. The minimum atomic E-state index is -1.05. The molecule has 25 heavy (non-hydrogen) atoms. The van der Waals surface area contributed by atoms with E-state index in [1.807, 2.05) is 0 Å². The Labute approximate surface area is 148 Å². The molecule has 9 nitrogen and oxygen atoms in total. The van der Waals surface area contributed by atoms with E-state index in [4.69, 9.17) is 11.5 Å². The summed E-state index contributed by atoms with van der Waals surface area (Å²) in [6, 6.07) is -3.66. The third-order valence-electron chi connectivity index (χ3n) is 3.67. The number of rotatable bonds is 8. The molecule has 0 unspecified atom stereocenters. The molecule has 0 saturated heterocycles. The molecule has 0 heterocycles. The summed E-state index contributed by atoms with van der Waals surface area (Å²) in [5.41, 5.74) is 11.3. The Morgan fingerprint density at radius 3 is 1.20 bits per heavy atom. The normalized spacial score (nSPS) is 15.9. The van der Waals surface area contributed by atoms with E-state index in [2.05, 4.69) is 15.4 Å². The fourth-order valence-electron chi connectivity index (χ4n) is 1.62. The Kier molecular flexibility index (Phi) is 9.29. The van der Waals surface area contributed by atoms with Gasteiger partial charge < -0.3 is 26.8 Å². The highest BCUT2D eigenvalue weighted by Crippen LogP contribution is 2.01. The van der Waals surface area contributed by atoms with Gasteiger partial charge in [-0.2, -0.15) is 0 Å². The van der Waals surface area contributed by atoms with Crippen molar-refractivity contribution in [2.75, 3.05) is 0 Å². The first-order chi connectivity index (χ1) is 11.4. The van der Waals surface area contributed by atoms with Gasteiger partial charge in [-0.05, 0) is 25.7 Å². The zero-order valence-electron chi connectivity index (χ0n) is 15.7. The van der Waals surface area contributed by atoms with E-state index < -0.39 is 47.9 Å². The van der Waals surface area contributed by atoms with Crippen LogP contribution < -0.4 is 22.1 Å². The van der Waals surface area contributed by atoms with Crippen LogP contribution >= 0.6 is 0 Å². The predicted molar refractivity (Wildman–Crippen MR) is 91.9 cm³/mol. The van der Waals surface area contributed by atoms with Crippen LogP contribution in [0.4, 0.5) is 0 Å². The first-order valence-electron chi connectivity index (χ1n) is 8.25. The van der Waals surface area contributed by atoms with Crippen LogP contribution in [0.2, 0.25) is 0 Å². The number of carbonyl (C=O) groups is 4. The molecule has 0 aromatic heterocycles. The molecular weight excluding hydrogens is 328 g/mol. The quantitative estimate of drug-likeness (QED) is 0.321. The summed E-state index contributed by atoms with van der Waals surface area (Å²) in [6.45, 7) is 9.81. The van der Waals surface area contributed by atoms with Crippen LogP contribution in [0.5, 0.6) is 0 Å². The summed E-state index contributed by atoms with van der Waals surface area (Å²) in [6.07, 6.45) is 0. The summed E-state index contributed by atoms with van der Waals surface area (Å²) < 4.78 is 4.67. The van der Waals surface area contributed by atoms with Gasteiger partial charge in [-0.3, -0.25) is 9.59 Å². The Balaban J connectivity index is 4.56. The zero-order valence-corrected chi connectivity index (χ0v) is 15.7. The van der Waals surface area contributed by atoms with Crippen molar-refractivity contribution < 1.29 is 23.9 Å². The molecule has 4 atom stereocenters. The van der Waals surface area contributed by atoms with Crippen LogP contribution in [-0.2, 0) is 23.9 Å². The number of nitrogens with two attached hydrogens (primary N) is 2. The first-order valence-corrected chi connectivity index (χ1v) is 8.25. The van der Waals surface area contributed by atoms with Crippen LogP contribution in [0.25, 0.3) is 0 Å². The molecule has 144 valence electrons. The third kappa shape index (κ3) is 7.61. The van der Waals surface area contributed by atoms with Crippen molar-refractivity contribution in [2.24, 2.45) is 23.3 Å². The summed E-state index contributed by atoms with van der Waals surface area (Å²) in [5, 5.41) is 4.76. The molecule has 6 N–H and O–H groups in total. The van der Waals surface area contributed by atoms with Crippen molar-refractivity contribution in [1.29, 1.82) is 0 Å². The van der Waals surface area contributed by atoms with Gasteiger partial charge in [0.25, 0.3) is 0 Å². The van der Waals surface area contributed by atoms with Crippen molar-refractivity contribution in [2.45, 2.75) is 65.7 Å². The van der Waals surface area contributed by atoms with Gasteiger partial charge in [0, 0.05) is 0 Å². The Bertz CT molecular complexity index is 463. The highest BCUT2D eigenvalue weighted by atomic mass is 16.6. The van der Waals surface area contributed by atoms with E-state index in [1.165, 1.54) is 13.8 Å². The molecule has 0 bridgehead atoms. The van der Waals surface area contributed by atoms with E-state index in [9.17, 15) is 19.2 Å². The van der Waals surface area contributed by atoms with Crippen LogP contribution in [0, 0.1) is 11.8 Å². The number of carbonyl (C=O) groups excluding carboxylic acids is 4. The lowest BCUT2D eigenvalue weighted by Gasteiger charge is -2.20. The van der Waals surface area contributed by atoms with E-state index >= 15 is 0 Å². The minimum absolute atomic E-state index is 0.106. The molecule has 0 aromatic rings. The van der Waals surface area contributed by atoms with Crippen molar-refractivity contribution >= 4 is 23.8 Å². The maximum Gasteiger partial charge on any atom is 0.336 e. The lowest BCUT2D eigenvalue weighted by Crippen LogP contribution is -2.52. The summed E-state index contributed by atoms with van der Waals surface area (Å²) in [5.74, 6) is -3.13. The molecule has 0 fully saturated rings. The second-order valence-corrected chi connectivity index (χ2v) is 6.74. The second-order valence-electron chi connectivity index (χ2n) is 6.74. The molecule has 0 aromatic carbocycles. The summed E-state index contributed by atoms with van der Waals surface area (Å²) in [7, 11) is 0. The zero-order chi connectivity index (χ0) is 19.9. The molecule has 9 heteroatoms. The molecule has 0 saturated carbocycles.